The highest BCUT2D eigenvalue weighted by Crippen LogP contribution is 2.28. The molecule has 1 saturated heterocycles. The number of fused-ring (bicyclic) bond motifs is 1. The Balaban J connectivity index is 1.34. The molecule has 2 aliphatic rings. The van der Waals surface area contributed by atoms with Crippen molar-refractivity contribution in [3.05, 3.63) is 70.5 Å². The molecule has 5 rings (SSSR count). The number of rotatable bonds is 5. The number of carbonyl (C=O) groups excluding carboxylic acids is 2. The zero-order chi connectivity index (χ0) is 23.5. The van der Waals surface area contributed by atoms with E-state index in [2.05, 4.69) is 10.6 Å². The van der Waals surface area contributed by atoms with Crippen molar-refractivity contribution in [3.8, 4) is 5.69 Å². The minimum absolute atomic E-state index is 0.135. The summed E-state index contributed by atoms with van der Waals surface area (Å²) in [7, 11) is 0. The predicted octanol–water partition coefficient (Wildman–Crippen LogP) is 5.16. The van der Waals surface area contributed by atoms with Crippen molar-refractivity contribution in [2.24, 2.45) is 0 Å². The van der Waals surface area contributed by atoms with E-state index in [0.717, 1.165) is 61.9 Å². The summed E-state index contributed by atoms with van der Waals surface area (Å²) in [6.07, 6.45) is 6.23. The minimum atomic E-state index is -0.384. The summed E-state index contributed by atoms with van der Waals surface area (Å²) in [5.41, 5.74) is 4.78. The second kappa shape index (κ2) is 9.99. The highest BCUT2D eigenvalue weighted by Gasteiger charge is 2.25. The molecular formula is C26H27ClN4O3. The van der Waals surface area contributed by atoms with E-state index in [0.29, 0.717) is 28.7 Å². The van der Waals surface area contributed by atoms with E-state index < -0.39 is 0 Å². The van der Waals surface area contributed by atoms with Gasteiger partial charge in [-0.2, -0.15) is 5.10 Å². The van der Waals surface area contributed by atoms with Gasteiger partial charge in [0.15, 0.2) is 5.69 Å². The first kappa shape index (κ1) is 22.6. The van der Waals surface area contributed by atoms with Crippen molar-refractivity contribution in [2.45, 2.75) is 51.0 Å². The molecule has 0 saturated carbocycles. The topological polar surface area (TPSA) is 85.2 Å². The third-order valence-corrected chi connectivity index (χ3v) is 6.60. The van der Waals surface area contributed by atoms with E-state index in [9.17, 15) is 9.59 Å². The third kappa shape index (κ3) is 4.86. The van der Waals surface area contributed by atoms with Crippen LogP contribution in [-0.2, 0) is 22.4 Å². The average Bonchev–Trinajstić information content (AvgIpc) is 3.44. The zero-order valence-corrected chi connectivity index (χ0v) is 19.6. The van der Waals surface area contributed by atoms with E-state index in [1.54, 1.807) is 24.3 Å². The van der Waals surface area contributed by atoms with Crippen molar-refractivity contribution in [1.29, 1.82) is 0 Å². The summed E-state index contributed by atoms with van der Waals surface area (Å²) in [5, 5.41) is 11.2. The van der Waals surface area contributed by atoms with Gasteiger partial charge in [-0.15, -0.1) is 0 Å². The fourth-order valence-electron chi connectivity index (χ4n) is 4.59. The third-order valence-electron chi connectivity index (χ3n) is 6.35. The predicted molar refractivity (Wildman–Crippen MR) is 132 cm³/mol. The second-order valence-corrected chi connectivity index (χ2v) is 9.18. The van der Waals surface area contributed by atoms with E-state index in [-0.39, 0.29) is 17.9 Å². The van der Waals surface area contributed by atoms with Gasteiger partial charge in [0.1, 0.15) is 6.10 Å². The highest BCUT2D eigenvalue weighted by atomic mass is 35.5. The van der Waals surface area contributed by atoms with E-state index in [1.807, 2.05) is 28.9 Å². The van der Waals surface area contributed by atoms with Gasteiger partial charge in [-0.1, -0.05) is 18.0 Å². The highest BCUT2D eigenvalue weighted by molar-refractivity contribution is 6.30. The van der Waals surface area contributed by atoms with Crippen LogP contribution in [0, 0.1) is 0 Å². The molecule has 1 aromatic heterocycles. The van der Waals surface area contributed by atoms with Gasteiger partial charge in [0, 0.05) is 34.3 Å². The Bertz CT molecular complexity index is 1180. The van der Waals surface area contributed by atoms with Crippen LogP contribution in [0.25, 0.3) is 5.69 Å². The van der Waals surface area contributed by atoms with Crippen molar-refractivity contribution < 1.29 is 14.3 Å². The molecule has 1 aliphatic heterocycles. The number of nitrogens with zero attached hydrogens (tertiary/aromatic N) is 2. The summed E-state index contributed by atoms with van der Waals surface area (Å²) in [6, 6.07) is 14.6. The lowest BCUT2D eigenvalue weighted by atomic mass is 10.1. The summed E-state index contributed by atoms with van der Waals surface area (Å²) < 4.78 is 7.31. The van der Waals surface area contributed by atoms with Crippen molar-refractivity contribution >= 4 is 34.8 Å². The number of halogens is 1. The van der Waals surface area contributed by atoms with Crippen LogP contribution in [0.2, 0.25) is 5.02 Å². The maximum atomic E-state index is 13.2. The van der Waals surface area contributed by atoms with Crippen LogP contribution >= 0.6 is 11.6 Å². The van der Waals surface area contributed by atoms with E-state index in [1.165, 1.54) is 0 Å². The summed E-state index contributed by atoms with van der Waals surface area (Å²) in [4.78, 5) is 25.5. The van der Waals surface area contributed by atoms with Crippen LogP contribution in [-0.4, -0.2) is 34.3 Å². The molecule has 2 aromatic carbocycles. The number of hydrogen-bond donors (Lipinski definition) is 2. The molecule has 1 unspecified atom stereocenters. The maximum absolute atomic E-state index is 13.2. The number of hydrogen-bond acceptors (Lipinski definition) is 4. The minimum Gasteiger partial charge on any atom is -0.368 e. The average molecular weight is 479 g/mol. The fraction of sp³-hybridized carbons (Fsp3) is 0.346. The van der Waals surface area contributed by atoms with Crippen LogP contribution < -0.4 is 10.6 Å². The van der Waals surface area contributed by atoms with Gasteiger partial charge in [0.25, 0.3) is 11.8 Å². The Morgan fingerprint density at radius 1 is 0.912 bits per heavy atom. The van der Waals surface area contributed by atoms with Crippen LogP contribution in [0.4, 0.5) is 11.4 Å². The zero-order valence-electron chi connectivity index (χ0n) is 18.9. The van der Waals surface area contributed by atoms with Gasteiger partial charge >= 0.3 is 0 Å². The molecule has 0 bridgehead atoms. The fourth-order valence-corrected chi connectivity index (χ4v) is 4.71. The van der Waals surface area contributed by atoms with Gasteiger partial charge in [-0.3, -0.25) is 9.59 Å². The van der Waals surface area contributed by atoms with Crippen molar-refractivity contribution in [3.63, 3.8) is 0 Å². The second-order valence-electron chi connectivity index (χ2n) is 8.75. The Morgan fingerprint density at radius 3 is 2.32 bits per heavy atom. The molecule has 176 valence electrons. The molecule has 1 aliphatic carbocycles. The molecule has 7 nitrogen and oxygen atoms in total. The number of aromatic nitrogens is 2. The van der Waals surface area contributed by atoms with Crippen LogP contribution in [0.1, 0.15) is 53.8 Å². The molecule has 3 aromatic rings. The van der Waals surface area contributed by atoms with Gasteiger partial charge < -0.3 is 15.4 Å². The molecule has 0 radical (unpaired) electrons. The summed E-state index contributed by atoms with van der Waals surface area (Å²) >= 11 is 6.06. The molecule has 34 heavy (non-hydrogen) atoms. The Morgan fingerprint density at radius 2 is 1.62 bits per heavy atom. The number of amides is 2. The van der Waals surface area contributed by atoms with Crippen LogP contribution in [0.15, 0.2) is 48.5 Å². The van der Waals surface area contributed by atoms with E-state index in [4.69, 9.17) is 21.4 Å². The Kier molecular flexibility index (Phi) is 6.65. The van der Waals surface area contributed by atoms with Gasteiger partial charge in [0.05, 0.1) is 5.69 Å². The molecule has 8 heteroatoms. The number of benzene rings is 2. The van der Waals surface area contributed by atoms with E-state index >= 15 is 0 Å². The number of ether oxygens (including phenoxy) is 1. The molecule has 1 atom stereocenters. The van der Waals surface area contributed by atoms with Crippen LogP contribution in [0.3, 0.4) is 0 Å². The summed E-state index contributed by atoms with van der Waals surface area (Å²) in [5.74, 6) is -0.369. The standard InChI is InChI=1S/C26H27ClN4O3/c27-17-8-14-20(15-9-17)31-22-6-3-1-2-5-21(22)24(30-31)26(33)29-19-12-10-18(11-13-19)28-25(32)23-7-4-16-34-23/h8-15,23H,1-7,16H2,(H,28,32)(H,29,33). The first-order valence-electron chi connectivity index (χ1n) is 11.8. The smallest absolute Gasteiger partial charge is 0.276 e. The lowest BCUT2D eigenvalue weighted by molar-refractivity contribution is -0.124. The number of nitrogens with one attached hydrogen (secondary N) is 2. The quantitative estimate of drug-likeness (QED) is 0.496. The Hall–Kier alpha value is -3.16. The number of anilines is 2. The molecule has 2 N–H and O–H groups in total. The first-order chi connectivity index (χ1) is 16.6. The van der Waals surface area contributed by atoms with Crippen molar-refractivity contribution in [2.75, 3.05) is 17.2 Å². The van der Waals surface area contributed by atoms with Crippen LogP contribution in [0.5, 0.6) is 0 Å². The normalized spacial score (nSPS) is 17.6. The summed E-state index contributed by atoms with van der Waals surface area (Å²) in [6.45, 7) is 0.626. The van der Waals surface area contributed by atoms with Gasteiger partial charge in [-0.25, -0.2) is 4.68 Å². The van der Waals surface area contributed by atoms with Crippen molar-refractivity contribution in [1.82, 2.24) is 9.78 Å². The Labute approximate surface area is 203 Å². The molecule has 2 amide bonds. The SMILES string of the molecule is O=C(Nc1ccc(NC(=O)C2CCCO2)cc1)c1nn(-c2ccc(Cl)cc2)c2c1CCCCC2. The monoisotopic (exact) mass is 478 g/mol. The largest absolute Gasteiger partial charge is 0.368 e. The molecule has 0 spiro atoms. The van der Waals surface area contributed by atoms with Gasteiger partial charge in [0.2, 0.25) is 0 Å². The maximum Gasteiger partial charge on any atom is 0.276 e. The number of carbonyl (C=O) groups is 2. The van der Waals surface area contributed by atoms with Gasteiger partial charge in [-0.05, 0) is 87.1 Å². The lowest BCUT2D eigenvalue weighted by Gasteiger charge is -2.11. The lowest BCUT2D eigenvalue weighted by Crippen LogP contribution is -2.26. The molecular weight excluding hydrogens is 452 g/mol. The molecule has 2 heterocycles. The molecule has 1 fully saturated rings. The first-order valence-corrected chi connectivity index (χ1v) is 12.2.